The van der Waals surface area contributed by atoms with Crippen molar-refractivity contribution in [3.8, 4) is 0 Å². The van der Waals surface area contributed by atoms with Crippen molar-refractivity contribution in [2.24, 2.45) is 0 Å². The van der Waals surface area contributed by atoms with Gasteiger partial charge < -0.3 is 20.0 Å². The van der Waals surface area contributed by atoms with Crippen molar-refractivity contribution < 1.29 is 9.59 Å². The van der Waals surface area contributed by atoms with E-state index in [2.05, 4.69) is 39.4 Å². The first-order chi connectivity index (χ1) is 18.5. The summed E-state index contributed by atoms with van der Waals surface area (Å²) in [5.41, 5.74) is 6.61. The molecule has 0 bridgehead atoms. The zero-order valence-corrected chi connectivity index (χ0v) is 22.5. The molecule has 6 nitrogen and oxygen atoms in total. The minimum Gasteiger partial charge on any atom is -0.372 e. The van der Waals surface area contributed by atoms with Crippen LogP contribution in [0.15, 0.2) is 72.8 Å². The number of benzene rings is 3. The quantitative estimate of drug-likeness (QED) is 0.391. The molecule has 0 spiro atoms. The van der Waals surface area contributed by atoms with Gasteiger partial charge in [0.2, 0.25) is 0 Å². The lowest BCUT2D eigenvalue weighted by Crippen LogP contribution is -2.30. The summed E-state index contributed by atoms with van der Waals surface area (Å²) >= 11 is 0. The molecule has 0 atom stereocenters. The highest BCUT2D eigenvalue weighted by atomic mass is 16.2. The Labute approximate surface area is 225 Å². The van der Waals surface area contributed by atoms with Crippen LogP contribution in [0, 0.1) is 0 Å². The summed E-state index contributed by atoms with van der Waals surface area (Å²) in [4.78, 5) is 32.9. The van der Waals surface area contributed by atoms with E-state index in [0.717, 1.165) is 41.3 Å². The van der Waals surface area contributed by atoms with Crippen LogP contribution >= 0.6 is 0 Å². The third kappa shape index (κ3) is 4.91. The molecule has 0 unspecified atom stereocenters. The molecule has 3 aromatic rings. The Hall–Kier alpha value is -4.06. The molecule has 1 saturated heterocycles. The van der Waals surface area contributed by atoms with Crippen LogP contribution in [0.4, 0.5) is 17.1 Å². The number of hydrogen-bond acceptors (Lipinski definition) is 4. The number of amides is 2. The number of anilines is 3. The normalized spacial score (nSPS) is 16.1. The van der Waals surface area contributed by atoms with Crippen LogP contribution in [0.5, 0.6) is 0 Å². The fourth-order valence-electron chi connectivity index (χ4n) is 5.50. The van der Waals surface area contributed by atoms with E-state index in [1.54, 1.807) is 11.0 Å². The zero-order chi connectivity index (χ0) is 26.6. The summed E-state index contributed by atoms with van der Waals surface area (Å²) < 4.78 is 0. The molecule has 6 heteroatoms. The van der Waals surface area contributed by atoms with Crippen molar-refractivity contribution in [3.05, 3.63) is 89.5 Å². The lowest BCUT2D eigenvalue weighted by molar-refractivity contribution is -0.110. The lowest BCUT2D eigenvalue weighted by Gasteiger charge is -2.30. The number of nitrogens with one attached hydrogen (secondary N) is 1. The average molecular weight is 509 g/mol. The highest BCUT2D eigenvalue weighted by Gasteiger charge is 2.31. The van der Waals surface area contributed by atoms with Gasteiger partial charge in [-0.2, -0.15) is 0 Å². The van der Waals surface area contributed by atoms with E-state index < -0.39 is 0 Å². The van der Waals surface area contributed by atoms with Gasteiger partial charge in [-0.25, -0.2) is 0 Å². The molecule has 196 valence electrons. The van der Waals surface area contributed by atoms with E-state index in [1.165, 1.54) is 24.9 Å². The summed E-state index contributed by atoms with van der Waals surface area (Å²) in [5.74, 6) is -0.192. The molecular formula is C32H36N4O2. The summed E-state index contributed by atoms with van der Waals surface area (Å²) in [7, 11) is 2.00. The molecule has 2 aliphatic heterocycles. The maximum Gasteiger partial charge on any atom is 0.258 e. The molecular weight excluding hydrogens is 472 g/mol. The van der Waals surface area contributed by atoms with Crippen LogP contribution < -0.4 is 15.1 Å². The largest absolute Gasteiger partial charge is 0.372 e. The number of rotatable bonds is 7. The number of fused-ring (bicyclic) bond motifs is 1. The predicted molar refractivity (Wildman–Crippen MR) is 156 cm³/mol. The van der Waals surface area contributed by atoms with Crippen molar-refractivity contribution in [3.63, 3.8) is 0 Å². The van der Waals surface area contributed by atoms with Gasteiger partial charge in [-0.15, -0.1) is 0 Å². The molecule has 2 heterocycles. The van der Waals surface area contributed by atoms with Crippen LogP contribution in [-0.2, 0) is 4.79 Å². The van der Waals surface area contributed by atoms with Crippen LogP contribution in [0.2, 0.25) is 0 Å². The second kappa shape index (κ2) is 11.1. The van der Waals surface area contributed by atoms with Gasteiger partial charge in [-0.3, -0.25) is 9.59 Å². The summed E-state index contributed by atoms with van der Waals surface area (Å²) in [6.07, 6.45) is 3.77. The Morgan fingerprint density at radius 1 is 0.868 bits per heavy atom. The van der Waals surface area contributed by atoms with E-state index in [4.69, 9.17) is 0 Å². The van der Waals surface area contributed by atoms with Crippen molar-refractivity contribution in [1.82, 2.24) is 4.90 Å². The number of hydrogen-bond donors (Lipinski definition) is 1. The first-order valence-electron chi connectivity index (χ1n) is 13.6. The molecule has 0 aliphatic carbocycles. The Morgan fingerprint density at radius 2 is 1.55 bits per heavy atom. The predicted octanol–water partition coefficient (Wildman–Crippen LogP) is 6.12. The van der Waals surface area contributed by atoms with E-state index >= 15 is 0 Å². The van der Waals surface area contributed by atoms with E-state index in [9.17, 15) is 9.59 Å². The maximum atomic E-state index is 13.5. The highest BCUT2D eigenvalue weighted by Crippen LogP contribution is 2.40. The fourth-order valence-corrected chi connectivity index (χ4v) is 5.50. The van der Waals surface area contributed by atoms with Crippen molar-refractivity contribution in [1.29, 1.82) is 0 Å². The molecule has 3 aromatic carbocycles. The zero-order valence-electron chi connectivity index (χ0n) is 22.5. The van der Waals surface area contributed by atoms with Crippen LogP contribution in [0.1, 0.15) is 54.6 Å². The Bertz CT molecular complexity index is 1340. The second-order valence-corrected chi connectivity index (χ2v) is 9.90. The molecule has 1 N–H and O–H groups in total. The molecule has 5 rings (SSSR count). The standard InChI is InChI=1S/C32H36N4O2/c1-4-35(5-2)32(38)24-14-19-28-27(22-24)29(31(37)33-28)30(23-12-8-6-9-13-23)34(3)25-15-17-26(18-16-25)36-20-10-7-11-21-36/h6,8-9,12-19,22H,4-5,7,10-11,20-21H2,1-3H3,(H,33,37)/b30-29-. The van der Waals surface area contributed by atoms with Crippen molar-refractivity contribution >= 4 is 40.1 Å². The number of carbonyl (C=O) groups excluding carboxylic acids is 2. The van der Waals surface area contributed by atoms with Gasteiger partial charge in [-0.05, 0) is 81.1 Å². The fraction of sp³-hybridized carbons (Fsp3) is 0.312. The minimum absolute atomic E-state index is 0.0283. The Balaban J connectivity index is 1.59. The van der Waals surface area contributed by atoms with Crippen molar-refractivity contribution in [2.45, 2.75) is 33.1 Å². The van der Waals surface area contributed by atoms with Gasteiger partial charge in [0.25, 0.3) is 11.8 Å². The van der Waals surface area contributed by atoms with Gasteiger partial charge in [0.05, 0.1) is 11.3 Å². The van der Waals surface area contributed by atoms with Crippen LogP contribution in [0.3, 0.4) is 0 Å². The average Bonchev–Trinajstić information content (AvgIpc) is 3.29. The Kier molecular flexibility index (Phi) is 7.50. The first kappa shape index (κ1) is 25.6. The maximum absolute atomic E-state index is 13.5. The third-order valence-corrected chi connectivity index (χ3v) is 7.64. The Morgan fingerprint density at radius 3 is 2.21 bits per heavy atom. The van der Waals surface area contributed by atoms with Gasteiger partial charge in [-0.1, -0.05) is 30.3 Å². The van der Waals surface area contributed by atoms with Gasteiger partial charge in [0, 0.05) is 61.4 Å². The number of carbonyl (C=O) groups is 2. The first-order valence-corrected chi connectivity index (χ1v) is 13.6. The van der Waals surface area contributed by atoms with Gasteiger partial charge >= 0.3 is 0 Å². The summed E-state index contributed by atoms with van der Waals surface area (Å²) in [5, 5.41) is 3.02. The number of piperidine rings is 1. The summed E-state index contributed by atoms with van der Waals surface area (Å²) in [6.45, 7) is 7.42. The van der Waals surface area contributed by atoms with Crippen LogP contribution in [0.25, 0.3) is 11.3 Å². The molecule has 38 heavy (non-hydrogen) atoms. The van der Waals surface area contributed by atoms with E-state index in [-0.39, 0.29) is 11.8 Å². The molecule has 0 aromatic heterocycles. The minimum atomic E-state index is -0.164. The lowest BCUT2D eigenvalue weighted by atomic mass is 9.97. The topological polar surface area (TPSA) is 55.9 Å². The summed E-state index contributed by atoms with van der Waals surface area (Å²) in [6, 6.07) is 24.1. The molecule has 1 fully saturated rings. The number of nitrogens with zero attached hydrogens (tertiary/aromatic N) is 3. The van der Waals surface area contributed by atoms with Gasteiger partial charge in [0.1, 0.15) is 0 Å². The highest BCUT2D eigenvalue weighted by molar-refractivity contribution is 6.37. The molecule has 2 amide bonds. The van der Waals surface area contributed by atoms with Gasteiger partial charge in [0.15, 0.2) is 0 Å². The smallest absolute Gasteiger partial charge is 0.258 e. The van der Waals surface area contributed by atoms with Crippen LogP contribution in [-0.4, -0.2) is 49.9 Å². The monoisotopic (exact) mass is 508 g/mol. The molecule has 2 aliphatic rings. The SMILES string of the molecule is CCN(CC)C(=O)c1ccc2c(c1)/C(=C(\c1ccccc1)N(C)c1ccc(N3CCCCC3)cc1)C(=O)N2. The third-order valence-electron chi connectivity index (χ3n) is 7.64. The van der Waals surface area contributed by atoms with E-state index in [1.807, 2.05) is 63.4 Å². The second-order valence-electron chi connectivity index (χ2n) is 9.90. The molecule has 0 saturated carbocycles. The van der Waals surface area contributed by atoms with Crippen molar-refractivity contribution in [2.75, 3.05) is 48.3 Å². The van der Waals surface area contributed by atoms with E-state index in [0.29, 0.717) is 24.2 Å². The molecule has 0 radical (unpaired) electrons.